The van der Waals surface area contributed by atoms with E-state index in [1.165, 1.54) is 49.4 Å². The van der Waals surface area contributed by atoms with Crippen molar-refractivity contribution in [3.05, 3.63) is 199 Å². The molecule has 1 aliphatic rings. The van der Waals surface area contributed by atoms with Gasteiger partial charge in [0, 0.05) is 38.6 Å². The van der Waals surface area contributed by atoms with Gasteiger partial charge in [0.1, 0.15) is 0 Å². The van der Waals surface area contributed by atoms with Gasteiger partial charge in [-0.25, -0.2) is 9.97 Å². The number of hydrogen-bond acceptors (Lipinski definition) is 2. The predicted octanol–water partition coefficient (Wildman–Crippen LogP) is 13.7. The van der Waals surface area contributed by atoms with E-state index in [-0.39, 0.29) is 5.41 Å². The van der Waals surface area contributed by atoms with Crippen LogP contribution in [-0.2, 0) is 5.41 Å². The molecule has 0 saturated heterocycles. The van der Waals surface area contributed by atoms with Crippen molar-refractivity contribution in [1.82, 2.24) is 14.5 Å². The van der Waals surface area contributed by atoms with E-state index in [0.717, 1.165) is 50.4 Å². The molecule has 10 aromatic rings. The van der Waals surface area contributed by atoms with Crippen LogP contribution >= 0.6 is 0 Å². The molecule has 56 heavy (non-hydrogen) atoms. The first-order valence-electron chi connectivity index (χ1n) is 19.3. The minimum Gasteiger partial charge on any atom is -0.309 e. The van der Waals surface area contributed by atoms with Gasteiger partial charge in [0.2, 0.25) is 0 Å². The van der Waals surface area contributed by atoms with Crippen LogP contribution in [0.3, 0.4) is 0 Å². The Morgan fingerprint density at radius 2 is 1.00 bits per heavy atom. The largest absolute Gasteiger partial charge is 0.309 e. The van der Waals surface area contributed by atoms with Crippen LogP contribution in [0.15, 0.2) is 188 Å². The lowest BCUT2D eigenvalue weighted by atomic mass is 9.81. The fourth-order valence-corrected chi connectivity index (χ4v) is 9.04. The summed E-state index contributed by atoms with van der Waals surface area (Å²) in [6.07, 6.45) is 0. The lowest BCUT2D eigenvalue weighted by Gasteiger charge is -2.22. The zero-order valence-corrected chi connectivity index (χ0v) is 31.2. The maximum Gasteiger partial charge on any atom is 0.160 e. The van der Waals surface area contributed by atoms with Crippen LogP contribution in [-0.4, -0.2) is 14.5 Å². The van der Waals surface area contributed by atoms with Crippen LogP contribution in [0.4, 0.5) is 0 Å². The van der Waals surface area contributed by atoms with E-state index >= 15 is 0 Å². The fourth-order valence-electron chi connectivity index (χ4n) is 9.04. The van der Waals surface area contributed by atoms with E-state index in [9.17, 15) is 0 Å². The van der Waals surface area contributed by atoms with Gasteiger partial charge in [-0.3, -0.25) is 0 Å². The van der Waals surface area contributed by atoms with Gasteiger partial charge in [-0.05, 0) is 86.6 Å². The molecule has 0 amide bonds. The molecule has 2 aromatic heterocycles. The number of aromatic nitrogens is 3. The molecule has 0 atom stereocenters. The maximum atomic E-state index is 5.42. The van der Waals surface area contributed by atoms with Crippen molar-refractivity contribution in [2.24, 2.45) is 0 Å². The fraction of sp³-hybridized carbons (Fsp3) is 0.0566. The van der Waals surface area contributed by atoms with Gasteiger partial charge in [-0.15, -0.1) is 0 Å². The van der Waals surface area contributed by atoms with Crippen molar-refractivity contribution < 1.29 is 0 Å². The summed E-state index contributed by atoms with van der Waals surface area (Å²) in [7, 11) is 0. The van der Waals surface area contributed by atoms with Crippen molar-refractivity contribution in [1.29, 1.82) is 0 Å². The first-order chi connectivity index (χ1) is 27.5. The van der Waals surface area contributed by atoms with Gasteiger partial charge in [-0.1, -0.05) is 159 Å². The van der Waals surface area contributed by atoms with Crippen LogP contribution in [0.5, 0.6) is 0 Å². The van der Waals surface area contributed by atoms with Crippen molar-refractivity contribution in [3.63, 3.8) is 0 Å². The summed E-state index contributed by atoms with van der Waals surface area (Å²) in [4.78, 5) is 10.8. The Bertz CT molecular complexity index is 3110. The predicted molar refractivity (Wildman–Crippen MR) is 233 cm³/mol. The second-order valence-corrected chi connectivity index (χ2v) is 15.4. The van der Waals surface area contributed by atoms with Crippen LogP contribution in [0, 0.1) is 0 Å². The summed E-state index contributed by atoms with van der Waals surface area (Å²) in [5.41, 5.74) is 15.8. The van der Waals surface area contributed by atoms with Gasteiger partial charge in [0.05, 0.1) is 22.4 Å². The third-order valence-electron chi connectivity index (χ3n) is 11.8. The van der Waals surface area contributed by atoms with E-state index in [4.69, 9.17) is 9.97 Å². The van der Waals surface area contributed by atoms with E-state index in [1.54, 1.807) is 0 Å². The molecule has 0 saturated carbocycles. The van der Waals surface area contributed by atoms with E-state index in [1.807, 2.05) is 0 Å². The molecule has 0 unspecified atom stereocenters. The molecule has 264 valence electrons. The highest BCUT2D eigenvalue weighted by Crippen LogP contribution is 2.50. The standard InChI is InChI=1S/C53H37N3/c1-53(2)46-24-11-8-20-41(46)42-28-27-36(32-47(42)53)37-29-38(31-39(30-37)56-50-25-12-9-21-44(50)45-22-10-13-26-51(45)56)52-54-48(35-16-4-3-5-17-35)33-49(55-52)43-23-14-18-34-15-6-7-19-40(34)43/h3-33H,1-2H3. The molecule has 0 aliphatic heterocycles. The highest BCUT2D eigenvalue weighted by molar-refractivity contribution is 6.09. The molecule has 0 fully saturated rings. The second-order valence-electron chi connectivity index (χ2n) is 15.4. The van der Waals surface area contributed by atoms with Crippen LogP contribution < -0.4 is 0 Å². The highest BCUT2D eigenvalue weighted by Gasteiger charge is 2.35. The average Bonchev–Trinajstić information content (AvgIpc) is 3.71. The van der Waals surface area contributed by atoms with Gasteiger partial charge >= 0.3 is 0 Å². The Balaban J connectivity index is 1.19. The number of fused-ring (bicyclic) bond motifs is 7. The quantitative estimate of drug-likeness (QED) is 0.178. The molecule has 3 heteroatoms. The molecule has 8 aromatic carbocycles. The van der Waals surface area contributed by atoms with Crippen LogP contribution in [0.25, 0.3) is 94.4 Å². The Kier molecular flexibility index (Phi) is 7.20. The molecule has 0 spiro atoms. The third kappa shape index (κ3) is 5.05. The minimum absolute atomic E-state index is 0.115. The first-order valence-corrected chi connectivity index (χ1v) is 19.3. The van der Waals surface area contributed by atoms with Crippen molar-refractivity contribution in [2.45, 2.75) is 19.3 Å². The Morgan fingerprint density at radius 3 is 1.80 bits per heavy atom. The normalized spacial score (nSPS) is 13.0. The zero-order chi connectivity index (χ0) is 37.4. The summed E-state index contributed by atoms with van der Waals surface area (Å²) in [6.45, 7) is 4.69. The smallest absolute Gasteiger partial charge is 0.160 e. The second kappa shape index (κ2) is 12.5. The Labute approximate surface area is 326 Å². The zero-order valence-electron chi connectivity index (χ0n) is 31.2. The molecular weight excluding hydrogens is 679 g/mol. The maximum absolute atomic E-state index is 5.42. The summed E-state index contributed by atoms with van der Waals surface area (Å²) >= 11 is 0. The lowest BCUT2D eigenvalue weighted by molar-refractivity contribution is 0.660. The lowest BCUT2D eigenvalue weighted by Crippen LogP contribution is -2.14. The molecule has 3 nitrogen and oxygen atoms in total. The molecule has 0 bridgehead atoms. The van der Waals surface area contributed by atoms with Gasteiger partial charge < -0.3 is 4.57 Å². The molecule has 2 heterocycles. The van der Waals surface area contributed by atoms with E-state index in [0.29, 0.717) is 5.82 Å². The van der Waals surface area contributed by atoms with Crippen molar-refractivity contribution >= 4 is 32.6 Å². The molecular formula is C53H37N3. The number of benzene rings is 8. The minimum atomic E-state index is -0.115. The molecule has 11 rings (SSSR count). The summed E-state index contributed by atoms with van der Waals surface area (Å²) < 4.78 is 2.40. The van der Waals surface area contributed by atoms with Crippen molar-refractivity contribution in [3.8, 4) is 61.8 Å². The Morgan fingerprint density at radius 1 is 0.393 bits per heavy atom. The molecule has 0 N–H and O–H groups in total. The highest BCUT2D eigenvalue weighted by atomic mass is 15.0. The van der Waals surface area contributed by atoms with E-state index < -0.39 is 0 Å². The van der Waals surface area contributed by atoms with Gasteiger partial charge in [0.15, 0.2) is 5.82 Å². The summed E-state index contributed by atoms with van der Waals surface area (Å²) in [6, 6.07) is 67.7. The van der Waals surface area contributed by atoms with Crippen LogP contribution in [0.2, 0.25) is 0 Å². The number of rotatable bonds is 5. The van der Waals surface area contributed by atoms with Crippen molar-refractivity contribution in [2.75, 3.05) is 0 Å². The number of nitrogens with zero attached hydrogens (tertiary/aromatic N) is 3. The number of hydrogen-bond donors (Lipinski definition) is 0. The first kappa shape index (κ1) is 32.3. The summed E-state index contributed by atoms with van der Waals surface area (Å²) in [5, 5.41) is 4.81. The topological polar surface area (TPSA) is 30.7 Å². The SMILES string of the molecule is CC1(C)c2ccccc2-c2ccc(-c3cc(-c4nc(-c5ccccc5)cc(-c5cccc6ccccc56)n4)cc(-n4c5ccccc5c5ccccc54)c3)cc21. The summed E-state index contributed by atoms with van der Waals surface area (Å²) in [5.74, 6) is 0.687. The third-order valence-corrected chi connectivity index (χ3v) is 11.8. The number of para-hydroxylation sites is 2. The van der Waals surface area contributed by atoms with Gasteiger partial charge in [-0.2, -0.15) is 0 Å². The van der Waals surface area contributed by atoms with Gasteiger partial charge in [0.25, 0.3) is 0 Å². The average molecular weight is 716 g/mol. The van der Waals surface area contributed by atoms with E-state index in [2.05, 4.69) is 206 Å². The van der Waals surface area contributed by atoms with Crippen LogP contribution in [0.1, 0.15) is 25.0 Å². The molecule has 0 radical (unpaired) electrons. The monoisotopic (exact) mass is 715 g/mol. The Hall–Kier alpha value is -7.10. The molecule has 1 aliphatic carbocycles.